The molecule has 0 aliphatic heterocycles. The molecule has 0 saturated heterocycles. The Hall–Kier alpha value is -2.21. The summed E-state index contributed by atoms with van der Waals surface area (Å²) in [5, 5.41) is 6.11. The molecule has 0 amide bonds. The third-order valence-electron chi connectivity index (χ3n) is 2.63. The van der Waals surface area contributed by atoms with Crippen LogP contribution in [-0.4, -0.2) is 11.7 Å². The van der Waals surface area contributed by atoms with Crippen molar-refractivity contribution in [2.75, 3.05) is 10.6 Å². The summed E-state index contributed by atoms with van der Waals surface area (Å²) in [7, 11) is 0. The molecule has 0 saturated carbocycles. The zero-order valence-corrected chi connectivity index (χ0v) is 12.1. The van der Waals surface area contributed by atoms with Gasteiger partial charge in [0.1, 0.15) is 5.75 Å². The number of aryl methyl sites for hydroxylation is 1. The van der Waals surface area contributed by atoms with E-state index < -0.39 is 6.61 Å². The maximum atomic E-state index is 12.4. The molecule has 110 valence electrons. The van der Waals surface area contributed by atoms with Gasteiger partial charge in [0, 0.05) is 5.69 Å². The molecule has 0 aliphatic rings. The Labute approximate surface area is 126 Å². The Bertz CT molecular complexity index is 620. The zero-order valence-electron chi connectivity index (χ0n) is 11.3. The van der Waals surface area contributed by atoms with E-state index >= 15 is 0 Å². The van der Waals surface area contributed by atoms with Gasteiger partial charge in [0.25, 0.3) is 0 Å². The number of thiocarbonyl (C=S) groups is 1. The SMILES string of the molecule is Cc1ccc(NC(=S)Nc2ccccc2)c(OC(F)F)c1. The Morgan fingerprint density at radius 2 is 1.81 bits per heavy atom. The summed E-state index contributed by atoms with van der Waals surface area (Å²) in [5.41, 5.74) is 2.01. The van der Waals surface area contributed by atoms with Crippen molar-refractivity contribution in [1.29, 1.82) is 0 Å². The first kappa shape index (κ1) is 15.2. The van der Waals surface area contributed by atoms with Crippen LogP contribution in [0, 0.1) is 6.92 Å². The van der Waals surface area contributed by atoms with Gasteiger partial charge < -0.3 is 15.4 Å². The van der Waals surface area contributed by atoms with Crippen molar-refractivity contribution in [2.45, 2.75) is 13.5 Å². The second-order valence-electron chi connectivity index (χ2n) is 4.32. The van der Waals surface area contributed by atoms with Gasteiger partial charge in [-0.25, -0.2) is 0 Å². The second-order valence-corrected chi connectivity index (χ2v) is 4.73. The molecule has 0 aliphatic carbocycles. The van der Waals surface area contributed by atoms with Crippen molar-refractivity contribution in [3.63, 3.8) is 0 Å². The summed E-state index contributed by atoms with van der Waals surface area (Å²) in [5.74, 6) is 0.0576. The second kappa shape index (κ2) is 6.99. The predicted molar refractivity (Wildman–Crippen MR) is 84.1 cm³/mol. The number of hydrogen-bond donors (Lipinski definition) is 2. The van der Waals surface area contributed by atoms with E-state index in [1.165, 1.54) is 6.07 Å². The number of para-hydroxylation sites is 1. The minimum Gasteiger partial charge on any atom is -0.433 e. The molecule has 0 radical (unpaired) electrons. The molecular weight excluding hydrogens is 294 g/mol. The van der Waals surface area contributed by atoms with Gasteiger partial charge in [0.05, 0.1) is 5.69 Å². The number of alkyl halides is 2. The number of ether oxygens (including phenoxy) is 1. The molecule has 6 heteroatoms. The minimum absolute atomic E-state index is 0.0576. The van der Waals surface area contributed by atoms with Crippen molar-refractivity contribution in [2.24, 2.45) is 0 Å². The molecule has 2 aromatic carbocycles. The van der Waals surface area contributed by atoms with Gasteiger partial charge in [-0.1, -0.05) is 24.3 Å². The summed E-state index contributed by atoms with van der Waals surface area (Å²) >= 11 is 5.16. The summed E-state index contributed by atoms with van der Waals surface area (Å²) < 4.78 is 29.3. The average molecular weight is 308 g/mol. The maximum Gasteiger partial charge on any atom is 0.387 e. The van der Waals surface area contributed by atoms with E-state index in [9.17, 15) is 8.78 Å². The predicted octanol–water partition coefficient (Wildman–Crippen LogP) is 4.41. The molecule has 2 aromatic rings. The number of hydrogen-bond acceptors (Lipinski definition) is 2. The third kappa shape index (κ3) is 4.68. The number of benzene rings is 2. The normalized spacial score (nSPS) is 10.3. The van der Waals surface area contributed by atoms with Crippen LogP contribution in [-0.2, 0) is 0 Å². The smallest absolute Gasteiger partial charge is 0.387 e. The number of rotatable bonds is 4. The quantitative estimate of drug-likeness (QED) is 0.820. The van der Waals surface area contributed by atoms with E-state index in [4.69, 9.17) is 12.2 Å². The highest BCUT2D eigenvalue weighted by molar-refractivity contribution is 7.80. The topological polar surface area (TPSA) is 33.3 Å². The lowest BCUT2D eigenvalue weighted by Crippen LogP contribution is -2.20. The Balaban J connectivity index is 2.09. The van der Waals surface area contributed by atoms with Crippen molar-refractivity contribution in [1.82, 2.24) is 0 Å². The van der Waals surface area contributed by atoms with Crippen LogP contribution in [0.2, 0.25) is 0 Å². The lowest BCUT2D eigenvalue weighted by molar-refractivity contribution is -0.0493. The zero-order chi connectivity index (χ0) is 15.2. The average Bonchev–Trinajstić information content (AvgIpc) is 2.42. The Kier molecular flexibility index (Phi) is 5.05. The lowest BCUT2D eigenvalue weighted by atomic mass is 10.2. The highest BCUT2D eigenvalue weighted by Gasteiger charge is 2.11. The van der Waals surface area contributed by atoms with Crippen LogP contribution < -0.4 is 15.4 Å². The summed E-state index contributed by atoms with van der Waals surface area (Å²) in [4.78, 5) is 0. The van der Waals surface area contributed by atoms with Crippen LogP contribution in [0.15, 0.2) is 48.5 Å². The van der Waals surface area contributed by atoms with Gasteiger partial charge >= 0.3 is 6.61 Å². The fraction of sp³-hybridized carbons (Fsp3) is 0.133. The van der Waals surface area contributed by atoms with Crippen LogP contribution in [0.1, 0.15) is 5.56 Å². The van der Waals surface area contributed by atoms with Crippen LogP contribution >= 0.6 is 12.2 Å². The van der Waals surface area contributed by atoms with Crippen molar-refractivity contribution < 1.29 is 13.5 Å². The number of anilines is 2. The third-order valence-corrected chi connectivity index (χ3v) is 2.84. The number of halogens is 2. The van der Waals surface area contributed by atoms with Crippen LogP contribution in [0.4, 0.5) is 20.2 Å². The molecule has 0 spiro atoms. The van der Waals surface area contributed by atoms with Crippen molar-refractivity contribution in [3.05, 3.63) is 54.1 Å². The highest BCUT2D eigenvalue weighted by atomic mass is 32.1. The van der Waals surface area contributed by atoms with E-state index in [1.807, 2.05) is 30.3 Å². The molecule has 0 bridgehead atoms. The first-order valence-electron chi connectivity index (χ1n) is 6.23. The first-order chi connectivity index (χ1) is 10.0. The van der Waals surface area contributed by atoms with Crippen LogP contribution in [0.3, 0.4) is 0 Å². The monoisotopic (exact) mass is 308 g/mol. The summed E-state index contributed by atoms with van der Waals surface area (Å²) in [6.07, 6.45) is 0. The molecule has 0 heterocycles. The van der Waals surface area contributed by atoms with Crippen LogP contribution in [0.5, 0.6) is 5.75 Å². The van der Waals surface area contributed by atoms with Gasteiger partial charge in [0.2, 0.25) is 0 Å². The molecule has 2 rings (SSSR count). The Morgan fingerprint density at radius 1 is 1.10 bits per heavy atom. The largest absolute Gasteiger partial charge is 0.433 e. The Morgan fingerprint density at radius 3 is 2.48 bits per heavy atom. The molecule has 3 nitrogen and oxygen atoms in total. The molecule has 0 atom stereocenters. The van der Waals surface area contributed by atoms with E-state index in [1.54, 1.807) is 19.1 Å². The van der Waals surface area contributed by atoms with E-state index in [0.717, 1.165) is 11.3 Å². The van der Waals surface area contributed by atoms with Gasteiger partial charge in [-0.3, -0.25) is 0 Å². The fourth-order valence-corrected chi connectivity index (χ4v) is 1.96. The lowest BCUT2D eigenvalue weighted by Gasteiger charge is -2.15. The molecule has 2 N–H and O–H groups in total. The van der Waals surface area contributed by atoms with Crippen molar-refractivity contribution in [3.8, 4) is 5.75 Å². The van der Waals surface area contributed by atoms with Gasteiger partial charge in [-0.05, 0) is 49.0 Å². The maximum absolute atomic E-state index is 12.4. The molecule has 21 heavy (non-hydrogen) atoms. The molecule has 0 unspecified atom stereocenters. The standard InChI is InChI=1S/C15H14F2N2OS/c1-10-7-8-12(13(9-10)20-14(16)17)19-15(21)18-11-5-3-2-4-6-11/h2-9,14H,1H3,(H2,18,19,21). The fourth-order valence-electron chi connectivity index (χ4n) is 1.73. The van der Waals surface area contributed by atoms with Crippen molar-refractivity contribution >= 4 is 28.7 Å². The summed E-state index contributed by atoms with van der Waals surface area (Å²) in [6, 6.07) is 14.3. The van der Waals surface area contributed by atoms with Gasteiger partial charge in [0.15, 0.2) is 5.11 Å². The molecular formula is C15H14F2N2OS. The van der Waals surface area contributed by atoms with Gasteiger partial charge in [-0.2, -0.15) is 8.78 Å². The number of nitrogens with one attached hydrogen (secondary N) is 2. The minimum atomic E-state index is -2.89. The molecule has 0 aromatic heterocycles. The molecule has 0 fully saturated rings. The van der Waals surface area contributed by atoms with E-state index in [-0.39, 0.29) is 5.75 Å². The highest BCUT2D eigenvalue weighted by Crippen LogP contribution is 2.27. The van der Waals surface area contributed by atoms with E-state index in [0.29, 0.717) is 10.8 Å². The van der Waals surface area contributed by atoms with Gasteiger partial charge in [-0.15, -0.1) is 0 Å². The first-order valence-corrected chi connectivity index (χ1v) is 6.64. The summed E-state index contributed by atoms with van der Waals surface area (Å²) in [6.45, 7) is -1.09. The van der Waals surface area contributed by atoms with E-state index in [2.05, 4.69) is 15.4 Å². The van der Waals surface area contributed by atoms with Crippen LogP contribution in [0.25, 0.3) is 0 Å².